The number of methoxy groups -OCH3 is 2. The predicted molar refractivity (Wildman–Crippen MR) is 79.1 cm³/mol. The average molecular weight is 292 g/mol. The minimum Gasteiger partial charge on any atom is -0.494 e. The van der Waals surface area contributed by atoms with Crippen LogP contribution < -0.4 is 10.1 Å². The fourth-order valence-electron chi connectivity index (χ4n) is 1.83. The zero-order valence-corrected chi connectivity index (χ0v) is 11.9. The number of anilines is 2. The molecule has 0 aliphatic rings. The highest BCUT2D eigenvalue weighted by molar-refractivity contribution is 6.33. The molecule has 0 bridgehead atoms. The minimum atomic E-state index is -0.454. The van der Waals surface area contributed by atoms with Crippen LogP contribution in [0.2, 0.25) is 5.02 Å². The van der Waals surface area contributed by atoms with Gasteiger partial charge >= 0.3 is 5.97 Å². The summed E-state index contributed by atoms with van der Waals surface area (Å²) in [7, 11) is 2.83. The Morgan fingerprint density at radius 1 is 1.05 bits per heavy atom. The molecule has 0 amide bonds. The first kappa shape index (κ1) is 14.2. The van der Waals surface area contributed by atoms with E-state index in [2.05, 4.69) is 5.32 Å². The van der Waals surface area contributed by atoms with Gasteiger partial charge < -0.3 is 14.8 Å². The van der Waals surface area contributed by atoms with Crippen LogP contribution in [0.15, 0.2) is 42.5 Å². The number of nitrogens with one attached hydrogen (secondary N) is 1. The Morgan fingerprint density at radius 3 is 2.40 bits per heavy atom. The number of benzene rings is 2. The summed E-state index contributed by atoms with van der Waals surface area (Å²) in [6, 6.07) is 12.5. The summed E-state index contributed by atoms with van der Waals surface area (Å²) >= 11 is 6.10. The number of halogens is 1. The fraction of sp³-hybridized carbons (Fsp3) is 0.133. The fourth-order valence-corrected chi connectivity index (χ4v) is 2.02. The first-order chi connectivity index (χ1) is 9.67. The van der Waals surface area contributed by atoms with E-state index in [1.165, 1.54) is 14.2 Å². The first-order valence-electron chi connectivity index (χ1n) is 5.94. The van der Waals surface area contributed by atoms with Crippen molar-refractivity contribution >= 4 is 28.9 Å². The molecule has 2 aromatic rings. The Kier molecular flexibility index (Phi) is 4.48. The Morgan fingerprint density at radius 2 is 1.75 bits per heavy atom. The number of carbonyl (C=O) groups excluding carboxylic acids is 1. The molecule has 5 heteroatoms. The van der Waals surface area contributed by atoms with Crippen LogP contribution in [-0.4, -0.2) is 20.2 Å². The van der Waals surface area contributed by atoms with Crippen LogP contribution in [0.3, 0.4) is 0 Å². The van der Waals surface area contributed by atoms with Crippen molar-refractivity contribution in [3.05, 3.63) is 53.1 Å². The highest BCUT2D eigenvalue weighted by atomic mass is 35.5. The van der Waals surface area contributed by atoms with Crippen molar-refractivity contribution in [2.24, 2.45) is 0 Å². The zero-order valence-electron chi connectivity index (χ0n) is 11.1. The Bertz CT molecular complexity index is 628. The van der Waals surface area contributed by atoms with Gasteiger partial charge in [0.2, 0.25) is 0 Å². The second-order valence-electron chi connectivity index (χ2n) is 3.98. The summed E-state index contributed by atoms with van der Waals surface area (Å²) < 4.78 is 10.0. The van der Waals surface area contributed by atoms with E-state index in [9.17, 15) is 4.79 Å². The number of hydrogen-bond acceptors (Lipinski definition) is 4. The molecule has 1 N–H and O–H groups in total. The van der Waals surface area contributed by atoms with E-state index in [0.717, 1.165) is 5.69 Å². The molecule has 2 rings (SSSR count). The molecule has 0 saturated heterocycles. The van der Waals surface area contributed by atoms with Gasteiger partial charge in [0.1, 0.15) is 5.56 Å². The Labute approximate surface area is 122 Å². The maximum absolute atomic E-state index is 11.7. The lowest BCUT2D eigenvalue weighted by atomic mass is 10.1. The molecule has 0 aromatic heterocycles. The lowest BCUT2D eigenvalue weighted by Crippen LogP contribution is -2.06. The molecule has 0 fully saturated rings. The molecule has 0 aliphatic carbocycles. The maximum Gasteiger partial charge on any atom is 0.341 e. The summed E-state index contributed by atoms with van der Waals surface area (Å²) in [5.41, 5.74) is 1.73. The minimum absolute atomic E-state index is 0.354. The lowest BCUT2D eigenvalue weighted by Gasteiger charge is -2.14. The van der Waals surface area contributed by atoms with Gasteiger partial charge in [-0.3, -0.25) is 0 Å². The molecule has 0 heterocycles. The molecule has 0 unspecified atom stereocenters. The standard InChI is InChI=1S/C15H14ClNO3/c1-19-14-10(15(18)20-2)6-5-9-13(14)17-12-8-4-3-7-11(12)16/h3-9,17H,1-2H3. The number of rotatable bonds is 4. The summed E-state index contributed by atoms with van der Waals surface area (Å²) in [4.78, 5) is 11.7. The van der Waals surface area contributed by atoms with E-state index in [-0.39, 0.29) is 0 Å². The van der Waals surface area contributed by atoms with Crippen LogP contribution in [0.1, 0.15) is 10.4 Å². The molecule has 0 spiro atoms. The molecule has 0 radical (unpaired) electrons. The van der Waals surface area contributed by atoms with Gasteiger partial charge in [-0.05, 0) is 24.3 Å². The third kappa shape index (κ3) is 2.86. The highest BCUT2D eigenvalue weighted by Gasteiger charge is 2.16. The number of carbonyl (C=O) groups is 1. The van der Waals surface area contributed by atoms with Crippen molar-refractivity contribution < 1.29 is 14.3 Å². The smallest absolute Gasteiger partial charge is 0.341 e. The average Bonchev–Trinajstić information content (AvgIpc) is 2.48. The van der Waals surface area contributed by atoms with Gasteiger partial charge in [0.05, 0.1) is 30.6 Å². The second kappa shape index (κ2) is 6.30. The van der Waals surface area contributed by atoms with Gasteiger partial charge in [0.15, 0.2) is 5.75 Å². The van der Waals surface area contributed by atoms with Crippen molar-refractivity contribution in [3.8, 4) is 5.75 Å². The van der Waals surface area contributed by atoms with Crippen molar-refractivity contribution in [3.63, 3.8) is 0 Å². The molecular weight excluding hydrogens is 278 g/mol. The molecule has 0 atom stereocenters. The number of esters is 1. The van der Waals surface area contributed by atoms with Gasteiger partial charge in [-0.15, -0.1) is 0 Å². The van der Waals surface area contributed by atoms with Crippen molar-refractivity contribution in [2.75, 3.05) is 19.5 Å². The quantitative estimate of drug-likeness (QED) is 0.869. The third-order valence-electron chi connectivity index (χ3n) is 2.77. The van der Waals surface area contributed by atoms with E-state index >= 15 is 0 Å². The van der Waals surface area contributed by atoms with Crippen LogP contribution in [0.4, 0.5) is 11.4 Å². The molecule has 2 aromatic carbocycles. The van der Waals surface area contributed by atoms with Crippen LogP contribution >= 0.6 is 11.6 Å². The normalized spacial score (nSPS) is 9.95. The van der Waals surface area contributed by atoms with Crippen LogP contribution in [0.25, 0.3) is 0 Å². The van der Waals surface area contributed by atoms with Crippen LogP contribution in [-0.2, 0) is 4.74 Å². The molecule has 4 nitrogen and oxygen atoms in total. The van der Waals surface area contributed by atoms with Gasteiger partial charge in [-0.1, -0.05) is 29.8 Å². The van der Waals surface area contributed by atoms with E-state index in [1.807, 2.05) is 18.2 Å². The van der Waals surface area contributed by atoms with E-state index in [1.54, 1.807) is 24.3 Å². The van der Waals surface area contributed by atoms with E-state index in [0.29, 0.717) is 22.0 Å². The maximum atomic E-state index is 11.7. The first-order valence-corrected chi connectivity index (χ1v) is 6.32. The van der Waals surface area contributed by atoms with Crippen LogP contribution in [0, 0.1) is 0 Å². The number of para-hydroxylation sites is 2. The molecule has 0 saturated carbocycles. The number of hydrogen-bond donors (Lipinski definition) is 1. The largest absolute Gasteiger partial charge is 0.494 e. The molecule has 20 heavy (non-hydrogen) atoms. The van der Waals surface area contributed by atoms with Gasteiger partial charge in [-0.25, -0.2) is 4.79 Å². The summed E-state index contributed by atoms with van der Waals surface area (Å²) in [6.07, 6.45) is 0. The van der Waals surface area contributed by atoms with Crippen molar-refractivity contribution in [1.29, 1.82) is 0 Å². The second-order valence-corrected chi connectivity index (χ2v) is 4.39. The van der Waals surface area contributed by atoms with E-state index in [4.69, 9.17) is 21.1 Å². The monoisotopic (exact) mass is 291 g/mol. The van der Waals surface area contributed by atoms with E-state index < -0.39 is 5.97 Å². The Balaban J connectivity index is 2.42. The van der Waals surface area contributed by atoms with Crippen LogP contribution in [0.5, 0.6) is 5.75 Å². The van der Waals surface area contributed by atoms with Crippen molar-refractivity contribution in [2.45, 2.75) is 0 Å². The topological polar surface area (TPSA) is 47.6 Å². The van der Waals surface area contributed by atoms with Crippen molar-refractivity contribution in [1.82, 2.24) is 0 Å². The SMILES string of the molecule is COC(=O)c1cccc(Nc2ccccc2Cl)c1OC. The van der Waals surface area contributed by atoms with Gasteiger partial charge in [0.25, 0.3) is 0 Å². The zero-order chi connectivity index (χ0) is 14.5. The molecular formula is C15H14ClNO3. The summed E-state index contributed by atoms with van der Waals surface area (Å²) in [6.45, 7) is 0. The molecule has 0 aliphatic heterocycles. The third-order valence-corrected chi connectivity index (χ3v) is 3.10. The summed E-state index contributed by atoms with van der Waals surface area (Å²) in [5.74, 6) is -0.0380. The van der Waals surface area contributed by atoms with Gasteiger partial charge in [-0.2, -0.15) is 0 Å². The molecule has 104 valence electrons. The number of ether oxygens (including phenoxy) is 2. The lowest BCUT2D eigenvalue weighted by molar-refractivity contribution is 0.0597. The summed E-state index contributed by atoms with van der Waals surface area (Å²) in [5, 5.41) is 3.73. The van der Waals surface area contributed by atoms with Gasteiger partial charge in [0, 0.05) is 0 Å². The highest BCUT2D eigenvalue weighted by Crippen LogP contribution is 2.33. The predicted octanol–water partition coefficient (Wildman–Crippen LogP) is 3.88. The Hall–Kier alpha value is -2.20.